The molecule has 90 valence electrons. The van der Waals surface area contributed by atoms with Crippen LogP contribution in [0.1, 0.15) is 11.8 Å². The van der Waals surface area contributed by atoms with E-state index in [-0.39, 0.29) is 6.61 Å². The lowest BCUT2D eigenvalue weighted by molar-refractivity contribution is 0.100. The largest absolute Gasteiger partial charge is 0.490 e. The van der Waals surface area contributed by atoms with Crippen molar-refractivity contribution in [3.8, 4) is 5.75 Å². The molecule has 5 heteroatoms. The fourth-order valence-corrected chi connectivity index (χ4v) is 2.18. The van der Waals surface area contributed by atoms with Crippen molar-refractivity contribution in [2.75, 3.05) is 6.61 Å². The van der Waals surface area contributed by atoms with Gasteiger partial charge in [0.15, 0.2) is 0 Å². The molecule has 2 rings (SSSR count). The minimum atomic E-state index is -0.711. The molecule has 17 heavy (non-hydrogen) atoms. The molecule has 0 spiro atoms. The van der Waals surface area contributed by atoms with E-state index >= 15 is 0 Å². The van der Waals surface area contributed by atoms with Crippen LogP contribution in [-0.2, 0) is 7.05 Å². The van der Waals surface area contributed by atoms with Gasteiger partial charge in [-0.15, -0.1) is 0 Å². The van der Waals surface area contributed by atoms with Gasteiger partial charge in [0.25, 0.3) is 0 Å². The van der Waals surface area contributed by atoms with Crippen molar-refractivity contribution in [2.24, 2.45) is 7.05 Å². The van der Waals surface area contributed by atoms with Crippen molar-refractivity contribution in [1.82, 2.24) is 9.78 Å². The van der Waals surface area contributed by atoms with Crippen LogP contribution in [0.15, 0.2) is 41.0 Å². The van der Waals surface area contributed by atoms with Gasteiger partial charge in [-0.1, -0.05) is 18.2 Å². The molecule has 2 aromatic rings. The number of para-hydroxylation sites is 1. The van der Waals surface area contributed by atoms with Crippen LogP contribution in [0.5, 0.6) is 5.75 Å². The van der Waals surface area contributed by atoms with E-state index in [0.717, 1.165) is 10.2 Å². The quantitative estimate of drug-likeness (QED) is 0.942. The number of benzene rings is 1. The van der Waals surface area contributed by atoms with Gasteiger partial charge in [-0.2, -0.15) is 5.10 Å². The van der Waals surface area contributed by atoms with E-state index < -0.39 is 6.10 Å². The molecule has 0 aliphatic heterocycles. The SMILES string of the molecule is Cn1ncc(Br)c1C(O)COc1ccccc1. The summed E-state index contributed by atoms with van der Waals surface area (Å²) in [7, 11) is 1.78. The summed E-state index contributed by atoms with van der Waals surface area (Å²) in [5.74, 6) is 0.741. The maximum absolute atomic E-state index is 10.0. The molecule has 0 bridgehead atoms. The van der Waals surface area contributed by atoms with E-state index in [4.69, 9.17) is 4.74 Å². The minimum absolute atomic E-state index is 0.197. The summed E-state index contributed by atoms with van der Waals surface area (Å²) >= 11 is 3.35. The van der Waals surface area contributed by atoms with E-state index in [0.29, 0.717) is 5.69 Å². The zero-order valence-electron chi connectivity index (χ0n) is 9.38. The lowest BCUT2D eigenvalue weighted by Gasteiger charge is -2.13. The molecule has 0 aliphatic rings. The summed E-state index contributed by atoms with van der Waals surface area (Å²) in [6.07, 6.45) is 0.943. The molecule has 0 aliphatic carbocycles. The van der Waals surface area contributed by atoms with Crippen LogP contribution in [-0.4, -0.2) is 21.5 Å². The van der Waals surface area contributed by atoms with Gasteiger partial charge in [-0.05, 0) is 28.1 Å². The second-order valence-corrected chi connectivity index (χ2v) is 4.50. The first-order chi connectivity index (χ1) is 8.18. The number of aryl methyl sites for hydroxylation is 1. The van der Waals surface area contributed by atoms with E-state index in [1.165, 1.54) is 0 Å². The predicted molar refractivity (Wildman–Crippen MR) is 67.8 cm³/mol. The molecule has 0 radical (unpaired) electrons. The van der Waals surface area contributed by atoms with Crippen molar-refractivity contribution in [2.45, 2.75) is 6.10 Å². The van der Waals surface area contributed by atoms with Crippen LogP contribution < -0.4 is 4.74 Å². The Hall–Kier alpha value is -1.33. The maximum atomic E-state index is 10.0. The third-order valence-corrected chi connectivity index (χ3v) is 3.02. The van der Waals surface area contributed by atoms with Crippen molar-refractivity contribution < 1.29 is 9.84 Å². The van der Waals surface area contributed by atoms with Crippen LogP contribution in [0.4, 0.5) is 0 Å². The van der Waals surface area contributed by atoms with E-state index in [9.17, 15) is 5.11 Å². The smallest absolute Gasteiger partial charge is 0.131 e. The number of aliphatic hydroxyl groups excluding tert-OH is 1. The average molecular weight is 297 g/mol. The molecule has 1 unspecified atom stereocenters. The summed E-state index contributed by atoms with van der Waals surface area (Å²) in [4.78, 5) is 0. The molecule has 0 saturated carbocycles. The number of hydrogen-bond donors (Lipinski definition) is 1. The number of nitrogens with zero attached hydrogens (tertiary/aromatic N) is 2. The molecule has 4 nitrogen and oxygen atoms in total. The normalized spacial score (nSPS) is 12.4. The Morgan fingerprint density at radius 2 is 2.12 bits per heavy atom. The van der Waals surface area contributed by atoms with Crippen LogP contribution in [0.2, 0.25) is 0 Å². The third-order valence-electron chi connectivity index (χ3n) is 2.40. The highest BCUT2D eigenvalue weighted by Crippen LogP contribution is 2.23. The van der Waals surface area contributed by atoms with Gasteiger partial charge in [0.1, 0.15) is 18.5 Å². The van der Waals surface area contributed by atoms with Crippen molar-refractivity contribution in [1.29, 1.82) is 0 Å². The van der Waals surface area contributed by atoms with Crippen LogP contribution in [0, 0.1) is 0 Å². The third kappa shape index (κ3) is 2.87. The highest BCUT2D eigenvalue weighted by Gasteiger charge is 2.16. The number of hydrogen-bond acceptors (Lipinski definition) is 3. The molecule has 1 aromatic carbocycles. The molecule has 0 fully saturated rings. The average Bonchev–Trinajstić information content (AvgIpc) is 2.67. The molecule has 1 heterocycles. The number of aromatic nitrogens is 2. The molecule has 0 saturated heterocycles. The fourth-order valence-electron chi connectivity index (χ4n) is 1.57. The number of halogens is 1. The second-order valence-electron chi connectivity index (χ2n) is 3.64. The number of ether oxygens (including phenoxy) is 1. The van der Waals surface area contributed by atoms with E-state index in [1.54, 1.807) is 17.9 Å². The lowest BCUT2D eigenvalue weighted by atomic mass is 10.2. The maximum Gasteiger partial charge on any atom is 0.131 e. The van der Waals surface area contributed by atoms with E-state index in [1.807, 2.05) is 30.3 Å². The standard InChI is InChI=1S/C12H13BrN2O2/c1-15-12(10(13)7-14-15)11(16)8-17-9-5-3-2-4-6-9/h2-7,11,16H,8H2,1H3. The van der Waals surface area contributed by atoms with Crippen LogP contribution in [0.3, 0.4) is 0 Å². The Morgan fingerprint density at radius 3 is 2.71 bits per heavy atom. The summed E-state index contributed by atoms with van der Waals surface area (Å²) < 4.78 is 7.90. The molecular formula is C12H13BrN2O2. The van der Waals surface area contributed by atoms with Gasteiger partial charge in [-0.25, -0.2) is 0 Å². The predicted octanol–water partition coefficient (Wildman–Crippen LogP) is 2.29. The summed E-state index contributed by atoms with van der Waals surface area (Å²) in [5.41, 5.74) is 0.709. The molecule has 0 amide bonds. The Labute approximate surface area is 108 Å². The zero-order chi connectivity index (χ0) is 12.3. The Kier molecular flexibility index (Phi) is 3.81. The molecule has 1 N–H and O–H groups in total. The monoisotopic (exact) mass is 296 g/mol. The first-order valence-electron chi connectivity index (χ1n) is 5.22. The highest BCUT2D eigenvalue weighted by molar-refractivity contribution is 9.10. The lowest BCUT2D eigenvalue weighted by Crippen LogP contribution is -2.14. The zero-order valence-corrected chi connectivity index (χ0v) is 11.0. The highest BCUT2D eigenvalue weighted by atomic mass is 79.9. The summed E-state index contributed by atoms with van der Waals surface area (Å²) in [6.45, 7) is 0.197. The first kappa shape index (κ1) is 12.1. The fraction of sp³-hybridized carbons (Fsp3) is 0.250. The van der Waals surface area contributed by atoms with Crippen LogP contribution >= 0.6 is 15.9 Å². The summed E-state index contributed by atoms with van der Waals surface area (Å²) in [5, 5.41) is 14.1. The van der Waals surface area contributed by atoms with Gasteiger partial charge in [0, 0.05) is 7.05 Å². The number of rotatable bonds is 4. The van der Waals surface area contributed by atoms with Crippen molar-refractivity contribution >= 4 is 15.9 Å². The molecular weight excluding hydrogens is 284 g/mol. The van der Waals surface area contributed by atoms with Gasteiger partial charge < -0.3 is 9.84 Å². The Balaban J connectivity index is 2.01. The van der Waals surface area contributed by atoms with Gasteiger partial charge in [-0.3, -0.25) is 4.68 Å². The Bertz CT molecular complexity index is 465. The number of aliphatic hydroxyl groups is 1. The molecule has 1 aromatic heterocycles. The van der Waals surface area contributed by atoms with Gasteiger partial charge in [0.05, 0.1) is 16.4 Å². The second kappa shape index (κ2) is 5.33. The van der Waals surface area contributed by atoms with Crippen LogP contribution in [0.25, 0.3) is 0 Å². The summed E-state index contributed by atoms with van der Waals surface area (Å²) in [6, 6.07) is 9.40. The molecule has 1 atom stereocenters. The van der Waals surface area contributed by atoms with Crippen molar-refractivity contribution in [3.63, 3.8) is 0 Å². The first-order valence-corrected chi connectivity index (χ1v) is 6.01. The van der Waals surface area contributed by atoms with Crippen molar-refractivity contribution in [3.05, 3.63) is 46.7 Å². The van der Waals surface area contributed by atoms with Gasteiger partial charge in [0.2, 0.25) is 0 Å². The van der Waals surface area contributed by atoms with Gasteiger partial charge >= 0.3 is 0 Å². The minimum Gasteiger partial charge on any atom is -0.490 e. The van der Waals surface area contributed by atoms with E-state index in [2.05, 4.69) is 21.0 Å². The topological polar surface area (TPSA) is 47.3 Å². The Morgan fingerprint density at radius 1 is 1.41 bits per heavy atom.